The molecule has 0 saturated carbocycles. The van der Waals surface area contributed by atoms with E-state index in [1.807, 2.05) is 22.9 Å². The lowest BCUT2D eigenvalue weighted by molar-refractivity contribution is 0.103. The highest BCUT2D eigenvalue weighted by atomic mass is 79.9. The van der Waals surface area contributed by atoms with Crippen molar-refractivity contribution in [2.75, 3.05) is 7.11 Å². The number of rotatable bonds is 3. The van der Waals surface area contributed by atoms with Crippen molar-refractivity contribution >= 4 is 33.0 Å². The van der Waals surface area contributed by atoms with E-state index in [0.717, 1.165) is 4.47 Å². The third-order valence-electron chi connectivity index (χ3n) is 2.19. The number of ether oxygens (including phenoxy) is 1. The molecule has 0 radical (unpaired) electrons. The topological polar surface area (TPSA) is 26.3 Å². The van der Waals surface area contributed by atoms with Crippen molar-refractivity contribution < 1.29 is 9.53 Å². The monoisotopic (exact) mass is 296 g/mol. The number of benzene rings is 1. The first kappa shape index (κ1) is 11.4. The summed E-state index contributed by atoms with van der Waals surface area (Å²) in [4.78, 5) is 12.1. The summed E-state index contributed by atoms with van der Waals surface area (Å²) in [5.41, 5.74) is 1.29. The minimum absolute atomic E-state index is 0.00870. The normalized spacial score (nSPS) is 10.1. The number of halogens is 1. The van der Waals surface area contributed by atoms with E-state index in [4.69, 9.17) is 4.74 Å². The van der Waals surface area contributed by atoms with Gasteiger partial charge in [0.25, 0.3) is 0 Å². The van der Waals surface area contributed by atoms with Gasteiger partial charge in [-0.25, -0.2) is 0 Å². The van der Waals surface area contributed by atoms with Gasteiger partial charge in [0, 0.05) is 15.4 Å². The van der Waals surface area contributed by atoms with E-state index in [1.54, 1.807) is 19.2 Å². The Kier molecular flexibility index (Phi) is 3.41. The Morgan fingerprint density at radius 2 is 2.19 bits per heavy atom. The Hall–Kier alpha value is -1.13. The summed E-state index contributed by atoms with van der Waals surface area (Å²) in [6, 6.07) is 7.21. The molecule has 0 unspecified atom stereocenters. The van der Waals surface area contributed by atoms with Gasteiger partial charge in [0.2, 0.25) is 0 Å². The summed E-state index contributed by atoms with van der Waals surface area (Å²) in [7, 11) is 1.56. The van der Waals surface area contributed by atoms with Crippen LogP contribution in [0.3, 0.4) is 0 Å². The van der Waals surface area contributed by atoms with Crippen molar-refractivity contribution in [3.05, 3.63) is 50.6 Å². The SMILES string of the molecule is COc1cc(Br)ccc1C(=O)c1ccsc1. The van der Waals surface area contributed by atoms with Crippen LogP contribution in [-0.2, 0) is 0 Å². The van der Waals surface area contributed by atoms with Crippen LogP contribution in [0.5, 0.6) is 5.75 Å². The van der Waals surface area contributed by atoms with Crippen LogP contribution in [0.15, 0.2) is 39.5 Å². The summed E-state index contributed by atoms with van der Waals surface area (Å²) in [5, 5.41) is 3.72. The van der Waals surface area contributed by atoms with Crippen LogP contribution >= 0.6 is 27.3 Å². The molecule has 0 aliphatic carbocycles. The van der Waals surface area contributed by atoms with Gasteiger partial charge in [-0.05, 0) is 29.6 Å². The van der Waals surface area contributed by atoms with Crippen LogP contribution in [0.25, 0.3) is 0 Å². The van der Waals surface area contributed by atoms with Gasteiger partial charge in [-0.2, -0.15) is 11.3 Å². The van der Waals surface area contributed by atoms with Crippen LogP contribution in [0.4, 0.5) is 0 Å². The molecule has 0 amide bonds. The van der Waals surface area contributed by atoms with Gasteiger partial charge in [0.05, 0.1) is 12.7 Å². The number of carbonyl (C=O) groups is 1. The third kappa shape index (κ3) is 2.18. The number of hydrogen-bond donors (Lipinski definition) is 0. The zero-order chi connectivity index (χ0) is 11.5. The minimum atomic E-state index is -0.00870. The molecule has 1 aromatic heterocycles. The maximum absolute atomic E-state index is 12.1. The zero-order valence-corrected chi connectivity index (χ0v) is 11.0. The second-order valence-corrected chi connectivity index (χ2v) is 4.88. The summed E-state index contributed by atoms with van der Waals surface area (Å²) in [6.07, 6.45) is 0. The molecule has 0 aliphatic rings. The fourth-order valence-corrected chi connectivity index (χ4v) is 2.38. The fraction of sp³-hybridized carbons (Fsp3) is 0.0833. The summed E-state index contributed by atoms with van der Waals surface area (Å²) < 4.78 is 6.09. The highest BCUT2D eigenvalue weighted by molar-refractivity contribution is 9.10. The van der Waals surface area contributed by atoms with Crippen LogP contribution in [0.2, 0.25) is 0 Å². The lowest BCUT2D eigenvalue weighted by Crippen LogP contribution is -2.02. The molecule has 4 heteroatoms. The lowest BCUT2D eigenvalue weighted by Gasteiger charge is -2.06. The summed E-state index contributed by atoms with van der Waals surface area (Å²) in [5.74, 6) is 0.580. The highest BCUT2D eigenvalue weighted by Gasteiger charge is 2.14. The number of ketones is 1. The molecule has 1 aromatic carbocycles. The second-order valence-electron chi connectivity index (χ2n) is 3.19. The van der Waals surface area contributed by atoms with E-state index >= 15 is 0 Å². The molecule has 82 valence electrons. The molecule has 16 heavy (non-hydrogen) atoms. The van der Waals surface area contributed by atoms with Gasteiger partial charge in [0.15, 0.2) is 5.78 Å². The molecule has 0 N–H and O–H groups in total. The lowest BCUT2D eigenvalue weighted by atomic mass is 10.1. The third-order valence-corrected chi connectivity index (χ3v) is 3.37. The number of hydrogen-bond acceptors (Lipinski definition) is 3. The standard InChI is InChI=1S/C12H9BrO2S/c1-15-11-6-9(13)2-3-10(11)12(14)8-4-5-16-7-8/h2-7H,1H3. The van der Waals surface area contributed by atoms with Gasteiger partial charge in [-0.1, -0.05) is 15.9 Å². The van der Waals surface area contributed by atoms with Crippen LogP contribution < -0.4 is 4.74 Å². The molecule has 0 saturated heterocycles. The van der Waals surface area contributed by atoms with E-state index in [1.165, 1.54) is 11.3 Å². The molecule has 2 nitrogen and oxygen atoms in total. The van der Waals surface area contributed by atoms with Crippen LogP contribution in [-0.4, -0.2) is 12.9 Å². The van der Waals surface area contributed by atoms with E-state index < -0.39 is 0 Å². The minimum Gasteiger partial charge on any atom is -0.496 e. The maximum atomic E-state index is 12.1. The van der Waals surface area contributed by atoms with E-state index in [9.17, 15) is 4.79 Å². The van der Waals surface area contributed by atoms with Crippen LogP contribution in [0.1, 0.15) is 15.9 Å². The second kappa shape index (κ2) is 4.80. The van der Waals surface area contributed by atoms with E-state index in [2.05, 4.69) is 15.9 Å². The number of carbonyl (C=O) groups excluding carboxylic acids is 1. The average molecular weight is 297 g/mol. The van der Waals surface area contributed by atoms with Gasteiger partial charge < -0.3 is 4.74 Å². The van der Waals surface area contributed by atoms with E-state index in [-0.39, 0.29) is 5.78 Å². The Morgan fingerprint density at radius 1 is 1.38 bits per heavy atom. The number of methoxy groups -OCH3 is 1. The molecule has 0 atom stereocenters. The molecule has 1 heterocycles. The first-order valence-electron chi connectivity index (χ1n) is 4.63. The Bertz CT molecular complexity index is 506. The Labute approximate surface area is 106 Å². The fourth-order valence-electron chi connectivity index (χ4n) is 1.40. The van der Waals surface area contributed by atoms with Crippen molar-refractivity contribution in [3.8, 4) is 5.75 Å². The predicted octanol–water partition coefficient (Wildman–Crippen LogP) is 3.75. The molecule has 2 rings (SSSR count). The average Bonchev–Trinajstić information content (AvgIpc) is 2.81. The predicted molar refractivity (Wildman–Crippen MR) is 68.4 cm³/mol. The van der Waals surface area contributed by atoms with Crippen molar-refractivity contribution in [1.29, 1.82) is 0 Å². The summed E-state index contributed by atoms with van der Waals surface area (Å²) >= 11 is 4.85. The highest BCUT2D eigenvalue weighted by Crippen LogP contribution is 2.26. The van der Waals surface area contributed by atoms with Gasteiger partial charge >= 0.3 is 0 Å². The molecular weight excluding hydrogens is 288 g/mol. The molecule has 0 aliphatic heterocycles. The van der Waals surface area contributed by atoms with Gasteiger partial charge in [-0.3, -0.25) is 4.79 Å². The van der Waals surface area contributed by atoms with Crippen molar-refractivity contribution in [3.63, 3.8) is 0 Å². The zero-order valence-electron chi connectivity index (χ0n) is 8.57. The summed E-state index contributed by atoms with van der Waals surface area (Å²) in [6.45, 7) is 0. The quantitative estimate of drug-likeness (QED) is 0.807. The van der Waals surface area contributed by atoms with Crippen molar-refractivity contribution in [2.24, 2.45) is 0 Å². The Morgan fingerprint density at radius 3 is 2.81 bits per heavy atom. The van der Waals surface area contributed by atoms with Gasteiger partial charge in [-0.15, -0.1) is 0 Å². The molecular formula is C12H9BrO2S. The van der Waals surface area contributed by atoms with Crippen molar-refractivity contribution in [1.82, 2.24) is 0 Å². The first-order valence-corrected chi connectivity index (χ1v) is 6.36. The largest absolute Gasteiger partial charge is 0.496 e. The number of thiophene rings is 1. The molecule has 0 fully saturated rings. The molecule has 0 bridgehead atoms. The molecule has 2 aromatic rings. The Balaban J connectivity index is 2.44. The van der Waals surface area contributed by atoms with Crippen molar-refractivity contribution in [2.45, 2.75) is 0 Å². The molecule has 0 spiro atoms. The smallest absolute Gasteiger partial charge is 0.197 e. The van der Waals surface area contributed by atoms with E-state index in [0.29, 0.717) is 16.9 Å². The van der Waals surface area contributed by atoms with Crippen LogP contribution in [0, 0.1) is 0 Å². The maximum Gasteiger partial charge on any atom is 0.197 e. The first-order chi connectivity index (χ1) is 7.72. The van der Waals surface area contributed by atoms with Gasteiger partial charge in [0.1, 0.15) is 5.75 Å².